The Morgan fingerprint density at radius 3 is 2.46 bits per heavy atom. The fraction of sp³-hybridized carbons (Fsp3) is 0.400. The topological polar surface area (TPSA) is 67.3 Å². The minimum Gasteiger partial charge on any atom is -0.497 e. The lowest BCUT2D eigenvalue weighted by atomic mass is 10.2. The monoisotopic (exact) mass is 398 g/mol. The molecule has 0 bridgehead atoms. The van der Waals surface area contributed by atoms with Crippen LogP contribution in [0.5, 0.6) is 5.75 Å². The maximum atomic E-state index is 4.91. The summed E-state index contributed by atoms with van der Waals surface area (Å²) in [6, 6.07) is 11.6. The molecule has 28 heavy (non-hydrogen) atoms. The summed E-state index contributed by atoms with van der Waals surface area (Å²) in [4.78, 5) is 9.41. The Hall–Kier alpha value is -2.58. The highest BCUT2D eigenvalue weighted by Gasteiger charge is 2.19. The first-order valence-corrected chi connectivity index (χ1v) is 10.2. The number of aryl methyl sites for hydroxylation is 1. The molecule has 3 heterocycles. The molecule has 1 aliphatic heterocycles. The molecule has 148 valence electrons. The first-order valence-electron chi connectivity index (χ1n) is 9.39. The van der Waals surface area contributed by atoms with Crippen molar-refractivity contribution in [1.29, 1.82) is 0 Å². The van der Waals surface area contributed by atoms with E-state index in [0.717, 1.165) is 60.7 Å². The zero-order chi connectivity index (χ0) is 19.8. The minimum atomic E-state index is 0.751. The van der Waals surface area contributed by atoms with E-state index >= 15 is 0 Å². The lowest BCUT2D eigenvalue weighted by molar-refractivity contribution is 0.271. The maximum Gasteiger partial charge on any atom is 0.205 e. The SMILES string of the molecule is CCN1CCN(c2nc(-c3cnnc(C)c3)ns2)CC1.COc1ccccc1. The zero-order valence-corrected chi connectivity index (χ0v) is 17.4. The second-order valence-corrected chi connectivity index (χ2v) is 7.15. The standard InChI is InChI=1S/C13H18N6S.C7H8O/c1-3-18-4-6-19(7-5-18)13-15-12(17-20-13)11-8-10(2)16-14-9-11;1-8-7-5-3-2-4-6-7/h8-9H,3-7H2,1-2H3;2-6H,1H3. The van der Waals surface area contributed by atoms with Crippen LogP contribution < -0.4 is 9.64 Å². The molecule has 0 radical (unpaired) electrons. The number of likely N-dealkylation sites (N-methyl/N-ethyl adjacent to an activating group) is 1. The molecule has 1 aromatic carbocycles. The first-order chi connectivity index (χ1) is 13.7. The fourth-order valence-electron chi connectivity index (χ4n) is 2.87. The second kappa shape index (κ2) is 10.1. The van der Waals surface area contributed by atoms with E-state index in [9.17, 15) is 0 Å². The van der Waals surface area contributed by atoms with Crippen molar-refractivity contribution in [2.45, 2.75) is 13.8 Å². The largest absolute Gasteiger partial charge is 0.497 e. The van der Waals surface area contributed by atoms with E-state index < -0.39 is 0 Å². The van der Waals surface area contributed by atoms with Crippen LogP contribution in [0.25, 0.3) is 11.4 Å². The summed E-state index contributed by atoms with van der Waals surface area (Å²) in [6.45, 7) is 9.50. The van der Waals surface area contributed by atoms with E-state index in [1.54, 1.807) is 13.3 Å². The van der Waals surface area contributed by atoms with Gasteiger partial charge in [-0.2, -0.15) is 19.6 Å². The van der Waals surface area contributed by atoms with Gasteiger partial charge >= 0.3 is 0 Å². The van der Waals surface area contributed by atoms with E-state index in [0.29, 0.717) is 0 Å². The zero-order valence-electron chi connectivity index (χ0n) is 16.6. The second-order valence-electron chi connectivity index (χ2n) is 6.42. The van der Waals surface area contributed by atoms with Gasteiger partial charge in [0.2, 0.25) is 5.13 Å². The fourth-order valence-corrected chi connectivity index (χ4v) is 3.61. The van der Waals surface area contributed by atoms with Crippen molar-refractivity contribution in [1.82, 2.24) is 24.5 Å². The molecule has 0 amide bonds. The number of aromatic nitrogens is 4. The Morgan fingerprint density at radius 1 is 1.11 bits per heavy atom. The van der Waals surface area contributed by atoms with Crippen LogP contribution in [0.2, 0.25) is 0 Å². The highest BCUT2D eigenvalue weighted by molar-refractivity contribution is 7.09. The third kappa shape index (κ3) is 5.46. The molecule has 2 aromatic heterocycles. The third-order valence-corrected chi connectivity index (χ3v) is 5.30. The molecule has 1 aliphatic rings. The normalized spacial score (nSPS) is 14.3. The molecule has 3 aromatic rings. The Balaban J connectivity index is 0.000000236. The number of rotatable bonds is 4. The molecule has 0 N–H and O–H groups in total. The predicted octanol–water partition coefficient (Wildman–Crippen LogP) is 3.14. The van der Waals surface area contributed by atoms with Crippen LogP contribution in [0.1, 0.15) is 12.6 Å². The summed E-state index contributed by atoms with van der Waals surface area (Å²) in [6.07, 6.45) is 1.72. The van der Waals surface area contributed by atoms with Gasteiger partial charge in [0.15, 0.2) is 5.82 Å². The van der Waals surface area contributed by atoms with E-state index in [-0.39, 0.29) is 0 Å². The Labute approximate surface area is 170 Å². The summed E-state index contributed by atoms with van der Waals surface area (Å²) in [5, 5.41) is 8.92. The van der Waals surface area contributed by atoms with Crippen LogP contribution >= 0.6 is 11.5 Å². The molecular formula is C20H26N6OS. The molecule has 1 fully saturated rings. The maximum absolute atomic E-state index is 4.91. The lowest BCUT2D eigenvalue weighted by Gasteiger charge is -2.33. The van der Waals surface area contributed by atoms with Crippen LogP contribution in [0.15, 0.2) is 42.6 Å². The van der Waals surface area contributed by atoms with Crippen molar-refractivity contribution in [3.8, 4) is 17.1 Å². The van der Waals surface area contributed by atoms with Gasteiger partial charge in [-0.05, 0) is 31.7 Å². The molecule has 0 atom stereocenters. The average Bonchev–Trinajstić information content (AvgIpc) is 3.25. The van der Waals surface area contributed by atoms with Gasteiger partial charge in [-0.25, -0.2) is 0 Å². The number of hydrogen-bond donors (Lipinski definition) is 0. The number of piperazine rings is 1. The first kappa shape index (κ1) is 20.2. The van der Waals surface area contributed by atoms with Gasteiger partial charge in [0.1, 0.15) is 5.75 Å². The van der Waals surface area contributed by atoms with E-state index in [1.807, 2.05) is 43.3 Å². The van der Waals surface area contributed by atoms with Crippen molar-refractivity contribution in [2.24, 2.45) is 0 Å². The molecule has 0 spiro atoms. The minimum absolute atomic E-state index is 0.751. The summed E-state index contributed by atoms with van der Waals surface area (Å²) in [7, 11) is 1.66. The van der Waals surface area contributed by atoms with Crippen LogP contribution in [-0.4, -0.2) is 64.3 Å². The summed E-state index contributed by atoms with van der Waals surface area (Å²) >= 11 is 1.46. The highest BCUT2D eigenvalue weighted by Crippen LogP contribution is 2.24. The van der Waals surface area contributed by atoms with Crippen molar-refractivity contribution < 1.29 is 4.74 Å². The van der Waals surface area contributed by atoms with Gasteiger partial charge in [0, 0.05) is 43.3 Å². The average molecular weight is 399 g/mol. The molecule has 1 saturated heterocycles. The van der Waals surface area contributed by atoms with E-state index in [4.69, 9.17) is 4.74 Å². The van der Waals surface area contributed by atoms with Crippen LogP contribution in [0.4, 0.5) is 5.13 Å². The molecule has 0 unspecified atom stereocenters. The highest BCUT2D eigenvalue weighted by atomic mass is 32.1. The quantitative estimate of drug-likeness (QED) is 0.669. The smallest absolute Gasteiger partial charge is 0.205 e. The van der Waals surface area contributed by atoms with Crippen molar-refractivity contribution >= 4 is 16.7 Å². The number of hydrogen-bond acceptors (Lipinski definition) is 8. The predicted molar refractivity (Wildman–Crippen MR) is 113 cm³/mol. The third-order valence-electron chi connectivity index (χ3n) is 4.52. The summed E-state index contributed by atoms with van der Waals surface area (Å²) in [5.41, 5.74) is 1.82. The van der Waals surface area contributed by atoms with Gasteiger partial charge in [0.25, 0.3) is 0 Å². The molecule has 0 aliphatic carbocycles. The Morgan fingerprint density at radius 2 is 1.86 bits per heavy atom. The molecule has 0 saturated carbocycles. The van der Waals surface area contributed by atoms with E-state index in [2.05, 4.69) is 36.3 Å². The number of anilines is 1. The molecule has 7 nitrogen and oxygen atoms in total. The van der Waals surface area contributed by atoms with Gasteiger partial charge in [-0.1, -0.05) is 25.1 Å². The van der Waals surface area contributed by atoms with Gasteiger partial charge in [0.05, 0.1) is 19.0 Å². The van der Waals surface area contributed by atoms with Crippen molar-refractivity contribution in [2.75, 3.05) is 44.7 Å². The molecular weight excluding hydrogens is 372 g/mol. The summed E-state index contributed by atoms with van der Waals surface area (Å²) < 4.78 is 9.36. The van der Waals surface area contributed by atoms with Crippen LogP contribution in [0.3, 0.4) is 0 Å². The number of benzene rings is 1. The van der Waals surface area contributed by atoms with Gasteiger partial charge < -0.3 is 14.5 Å². The van der Waals surface area contributed by atoms with Crippen LogP contribution in [0, 0.1) is 6.92 Å². The van der Waals surface area contributed by atoms with Crippen molar-refractivity contribution in [3.63, 3.8) is 0 Å². The van der Waals surface area contributed by atoms with Crippen LogP contribution in [-0.2, 0) is 0 Å². The van der Waals surface area contributed by atoms with Crippen molar-refractivity contribution in [3.05, 3.63) is 48.3 Å². The Kier molecular flexibility index (Phi) is 7.27. The Bertz CT molecular complexity index is 849. The van der Waals surface area contributed by atoms with Gasteiger partial charge in [-0.15, -0.1) is 0 Å². The number of ether oxygens (including phenoxy) is 1. The molecule has 4 rings (SSSR count). The number of nitrogens with zero attached hydrogens (tertiary/aromatic N) is 6. The lowest BCUT2D eigenvalue weighted by Crippen LogP contribution is -2.46. The number of methoxy groups -OCH3 is 1. The van der Waals surface area contributed by atoms with Gasteiger partial charge in [-0.3, -0.25) is 0 Å². The summed E-state index contributed by atoms with van der Waals surface area (Å²) in [5.74, 6) is 1.66. The number of para-hydroxylation sites is 1. The van der Waals surface area contributed by atoms with E-state index in [1.165, 1.54) is 11.5 Å². The molecule has 8 heteroatoms.